The number of rotatable bonds is 1. The van der Waals surface area contributed by atoms with Gasteiger partial charge in [0, 0.05) is 25.7 Å². The summed E-state index contributed by atoms with van der Waals surface area (Å²) in [6.45, 7) is 0.641. The molecule has 0 amide bonds. The van der Waals surface area contributed by atoms with E-state index >= 15 is 0 Å². The summed E-state index contributed by atoms with van der Waals surface area (Å²) in [5.41, 5.74) is -2.56. The van der Waals surface area contributed by atoms with Crippen LogP contribution in [0, 0.1) is 0 Å². The molecule has 2 heterocycles. The molecule has 0 aromatic carbocycles. The van der Waals surface area contributed by atoms with Crippen molar-refractivity contribution in [3.05, 3.63) is 24.4 Å². The van der Waals surface area contributed by atoms with Gasteiger partial charge in [-0.15, -0.1) is 0 Å². The van der Waals surface area contributed by atoms with Crippen LogP contribution in [0.4, 0.5) is 19.0 Å². The molecule has 6 heteroatoms. The molecule has 1 aliphatic rings. The molecule has 1 unspecified atom stereocenters. The molecule has 1 saturated heterocycles. The van der Waals surface area contributed by atoms with Crippen molar-refractivity contribution in [2.75, 3.05) is 18.0 Å². The SMILES string of the molecule is OC1(C(F)(F)F)CCCN(c2ccccn2)CC1. The summed E-state index contributed by atoms with van der Waals surface area (Å²) in [5.74, 6) is 0.656. The van der Waals surface area contributed by atoms with Gasteiger partial charge in [-0.05, 0) is 25.0 Å². The Morgan fingerprint density at radius 2 is 2.00 bits per heavy atom. The standard InChI is InChI=1S/C12H15F3N2O/c13-12(14,15)11(18)5-3-8-17(9-6-11)10-4-1-2-7-16-10/h1-2,4,7,18H,3,5-6,8-9H2. The summed E-state index contributed by atoms with van der Waals surface area (Å²) in [6, 6.07) is 5.31. The van der Waals surface area contributed by atoms with Crippen molar-refractivity contribution in [1.82, 2.24) is 4.98 Å². The number of hydrogen-bond acceptors (Lipinski definition) is 3. The van der Waals surface area contributed by atoms with Crippen molar-refractivity contribution in [2.24, 2.45) is 0 Å². The normalized spacial score (nSPS) is 25.9. The lowest BCUT2D eigenvalue weighted by molar-refractivity contribution is -0.263. The zero-order chi connectivity index (χ0) is 13.2. The van der Waals surface area contributed by atoms with E-state index in [0.717, 1.165) is 0 Å². The lowest BCUT2D eigenvalue weighted by Gasteiger charge is -2.29. The molecule has 1 atom stereocenters. The number of nitrogens with zero attached hydrogens (tertiary/aromatic N) is 2. The molecule has 18 heavy (non-hydrogen) atoms. The molecule has 0 bridgehead atoms. The zero-order valence-corrected chi connectivity index (χ0v) is 9.82. The van der Waals surface area contributed by atoms with Gasteiger partial charge in [-0.1, -0.05) is 6.07 Å². The number of anilines is 1. The van der Waals surface area contributed by atoms with Gasteiger partial charge in [0.2, 0.25) is 0 Å². The highest BCUT2D eigenvalue weighted by molar-refractivity contribution is 5.37. The fourth-order valence-electron chi connectivity index (χ4n) is 2.17. The molecule has 0 spiro atoms. The van der Waals surface area contributed by atoms with Gasteiger partial charge in [0.15, 0.2) is 5.60 Å². The Labute approximate surface area is 103 Å². The monoisotopic (exact) mass is 260 g/mol. The van der Waals surface area contributed by atoms with Crippen LogP contribution < -0.4 is 4.90 Å². The third-order valence-electron chi connectivity index (χ3n) is 3.31. The first-order chi connectivity index (χ1) is 8.42. The quantitative estimate of drug-likeness (QED) is 0.842. The van der Waals surface area contributed by atoms with Crippen LogP contribution in [0.5, 0.6) is 0 Å². The van der Waals surface area contributed by atoms with Crippen LogP contribution in [0.15, 0.2) is 24.4 Å². The first-order valence-corrected chi connectivity index (χ1v) is 5.87. The third-order valence-corrected chi connectivity index (χ3v) is 3.31. The first-order valence-electron chi connectivity index (χ1n) is 5.87. The van der Waals surface area contributed by atoms with Crippen molar-refractivity contribution >= 4 is 5.82 Å². The summed E-state index contributed by atoms with van der Waals surface area (Å²) in [4.78, 5) is 5.90. The van der Waals surface area contributed by atoms with Gasteiger partial charge in [-0.25, -0.2) is 4.98 Å². The predicted octanol–water partition coefficient (Wildman–Crippen LogP) is 2.37. The maximum absolute atomic E-state index is 12.8. The summed E-state index contributed by atoms with van der Waals surface area (Å²) in [7, 11) is 0. The van der Waals surface area contributed by atoms with Crippen LogP contribution in [0.2, 0.25) is 0 Å². The maximum Gasteiger partial charge on any atom is 0.417 e. The van der Waals surface area contributed by atoms with Gasteiger partial charge in [-0.3, -0.25) is 0 Å². The Balaban J connectivity index is 2.10. The van der Waals surface area contributed by atoms with E-state index < -0.39 is 11.8 Å². The second kappa shape index (κ2) is 4.76. The molecule has 3 nitrogen and oxygen atoms in total. The highest BCUT2D eigenvalue weighted by atomic mass is 19.4. The van der Waals surface area contributed by atoms with E-state index in [1.165, 1.54) is 0 Å². The summed E-state index contributed by atoms with van der Waals surface area (Å²) >= 11 is 0. The van der Waals surface area contributed by atoms with Crippen LogP contribution in [0.25, 0.3) is 0 Å². The Hall–Kier alpha value is -1.30. The minimum absolute atomic E-state index is 0.160. The number of hydrogen-bond donors (Lipinski definition) is 1. The van der Waals surface area contributed by atoms with E-state index in [4.69, 9.17) is 0 Å². The number of halogens is 3. The molecule has 1 fully saturated rings. The highest BCUT2D eigenvalue weighted by Crippen LogP contribution is 2.38. The molecule has 0 radical (unpaired) electrons. The van der Waals surface area contributed by atoms with Gasteiger partial charge in [0.25, 0.3) is 0 Å². The number of pyridine rings is 1. The molecule has 0 aliphatic carbocycles. The van der Waals surface area contributed by atoms with E-state index in [0.29, 0.717) is 18.8 Å². The van der Waals surface area contributed by atoms with E-state index in [9.17, 15) is 18.3 Å². The van der Waals surface area contributed by atoms with Crippen molar-refractivity contribution in [3.8, 4) is 0 Å². The summed E-state index contributed by atoms with van der Waals surface area (Å²) in [5, 5.41) is 9.68. The maximum atomic E-state index is 12.8. The van der Waals surface area contributed by atoms with Gasteiger partial charge in [-0.2, -0.15) is 13.2 Å². The smallest absolute Gasteiger partial charge is 0.380 e. The molecular weight excluding hydrogens is 245 g/mol. The number of aromatic nitrogens is 1. The van der Waals surface area contributed by atoms with Crippen LogP contribution in [0.3, 0.4) is 0 Å². The molecule has 1 aromatic rings. The van der Waals surface area contributed by atoms with Crippen LogP contribution >= 0.6 is 0 Å². The average molecular weight is 260 g/mol. The van der Waals surface area contributed by atoms with Crippen molar-refractivity contribution in [1.29, 1.82) is 0 Å². The second-order valence-electron chi connectivity index (χ2n) is 4.56. The minimum Gasteiger partial charge on any atom is -0.380 e. The molecular formula is C12H15F3N2O. The minimum atomic E-state index is -4.56. The predicted molar refractivity (Wildman–Crippen MR) is 61.3 cm³/mol. The number of alkyl halides is 3. The van der Waals surface area contributed by atoms with Crippen molar-refractivity contribution < 1.29 is 18.3 Å². The summed E-state index contributed by atoms with van der Waals surface area (Å²) in [6.07, 6.45) is -3.22. The van der Waals surface area contributed by atoms with Gasteiger partial charge >= 0.3 is 6.18 Å². The van der Waals surface area contributed by atoms with E-state index in [1.54, 1.807) is 29.3 Å². The molecule has 1 aliphatic heterocycles. The second-order valence-corrected chi connectivity index (χ2v) is 4.56. The Morgan fingerprint density at radius 3 is 2.61 bits per heavy atom. The lowest BCUT2D eigenvalue weighted by Crippen LogP contribution is -2.45. The first kappa shape index (κ1) is 13.1. The van der Waals surface area contributed by atoms with Crippen molar-refractivity contribution in [3.63, 3.8) is 0 Å². The van der Waals surface area contributed by atoms with Gasteiger partial charge in [0.05, 0.1) is 0 Å². The Bertz CT molecular complexity index is 396. The third kappa shape index (κ3) is 2.58. The molecule has 100 valence electrons. The lowest BCUT2D eigenvalue weighted by atomic mass is 9.94. The summed E-state index contributed by atoms with van der Waals surface area (Å²) < 4.78 is 38.3. The number of aliphatic hydroxyl groups is 1. The van der Waals surface area contributed by atoms with Gasteiger partial charge < -0.3 is 10.0 Å². The van der Waals surface area contributed by atoms with Gasteiger partial charge in [0.1, 0.15) is 5.82 Å². The molecule has 1 N–H and O–H groups in total. The molecule has 2 rings (SSSR count). The topological polar surface area (TPSA) is 36.4 Å². The molecule has 0 saturated carbocycles. The molecule has 1 aromatic heterocycles. The largest absolute Gasteiger partial charge is 0.417 e. The van der Waals surface area contributed by atoms with Crippen LogP contribution in [-0.4, -0.2) is 35.0 Å². The fraction of sp³-hybridized carbons (Fsp3) is 0.583. The van der Waals surface area contributed by atoms with Crippen LogP contribution in [0.1, 0.15) is 19.3 Å². The van der Waals surface area contributed by atoms with E-state index in [2.05, 4.69) is 4.98 Å². The highest BCUT2D eigenvalue weighted by Gasteiger charge is 2.53. The Morgan fingerprint density at radius 1 is 1.22 bits per heavy atom. The fourth-order valence-corrected chi connectivity index (χ4v) is 2.17. The van der Waals surface area contributed by atoms with E-state index in [-0.39, 0.29) is 19.4 Å². The van der Waals surface area contributed by atoms with Crippen LogP contribution in [-0.2, 0) is 0 Å². The van der Waals surface area contributed by atoms with Crippen molar-refractivity contribution in [2.45, 2.75) is 31.0 Å². The zero-order valence-electron chi connectivity index (χ0n) is 9.82. The average Bonchev–Trinajstić information content (AvgIpc) is 2.53. The van der Waals surface area contributed by atoms with E-state index in [1.807, 2.05) is 0 Å². The Kier molecular flexibility index (Phi) is 3.47.